The maximum atomic E-state index is 12.0. The summed E-state index contributed by atoms with van der Waals surface area (Å²) in [4.78, 5) is -0.0963. The van der Waals surface area contributed by atoms with Gasteiger partial charge in [-0.1, -0.05) is 54.6 Å². The molecule has 0 bridgehead atoms. The van der Waals surface area contributed by atoms with Crippen molar-refractivity contribution in [2.45, 2.75) is 11.1 Å². The van der Waals surface area contributed by atoms with Crippen molar-refractivity contribution in [3.05, 3.63) is 115 Å². The van der Waals surface area contributed by atoms with Crippen LogP contribution >= 0.6 is 7.26 Å². The predicted molar refractivity (Wildman–Crippen MR) is 132 cm³/mol. The molecule has 0 unspecified atom stereocenters. The second kappa shape index (κ2) is 9.25. The first-order chi connectivity index (χ1) is 15.4. The topological polar surface area (TPSA) is 63.6 Å². The van der Waals surface area contributed by atoms with Crippen LogP contribution in [0.15, 0.2) is 114 Å². The summed E-state index contributed by atoms with van der Waals surface area (Å²) < 4.78 is 39.0. The van der Waals surface area contributed by atoms with Gasteiger partial charge in [0.05, 0.1) is 18.2 Å². The van der Waals surface area contributed by atoms with Crippen LogP contribution in [-0.2, 0) is 16.3 Å². The SMILES string of the molecule is COc1ccc(C[P+](c2ccccc2)(c2ccccc2)c2cccc(S(=O)(=O)O)c2)cc1. The van der Waals surface area contributed by atoms with Crippen molar-refractivity contribution >= 4 is 33.3 Å². The van der Waals surface area contributed by atoms with Crippen molar-refractivity contribution in [1.29, 1.82) is 0 Å². The predicted octanol–water partition coefficient (Wildman–Crippen LogP) is 4.44. The third kappa shape index (κ3) is 4.46. The summed E-state index contributed by atoms with van der Waals surface area (Å²) in [6.45, 7) is 0. The molecule has 0 aliphatic heterocycles. The number of hydrogen-bond donors (Lipinski definition) is 1. The zero-order valence-electron chi connectivity index (χ0n) is 17.6. The lowest BCUT2D eigenvalue weighted by atomic mass is 10.2. The molecule has 162 valence electrons. The fourth-order valence-electron chi connectivity index (χ4n) is 3.97. The fourth-order valence-corrected chi connectivity index (χ4v) is 8.85. The van der Waals surface area contributed by atoms with Gasteiger partial charge in [-0.15, -0.1) is 0 Å². The molecular formula is C26H24O4PS+. The minimum atomic E-state index is -4.33. The Labute approximate surface area is 189 Å². The first-order valence-electron chi connectivity index (χ1n) is 10.1. The van der Waals surface area contributed by atoms with Crippen molar-refractivity contribution in [2.75, 3.05) is 7.11 Å². The van der Waals surface area contributed by atoms with Crippen LogP contribution in [0.5, 0.6) is 5.75 Å². The number of hydrogen-bond acceptors (Lipinski definition) is 3. The molecule has 0 spiro atoms. The molecule has 0 aromatic heterocycles. The van der Waals surface area contributed by atoms with Gasteiger partial charge >= 0.3 is 0 Å². The highest BCUT2D eigenvalue weighted by molar-refractivity contribution is 7.95. The molecule has 0 fully saturated rings. The second-order valence-electron chi connectivity index (χ2n) is 7.46. The molecule has 0 heterocycles. The molecule has 4 rings (SSSR count). The molecule has 4 aromatic rings. The lowest BCUT2D eigenvalue weighted by Gasteiger charge is -2.28. The average molecular weight is 464 g/mol. The van der Waals surface area contributed by atoms with E-state index in [1.807, 2.05) is 66.7 Å². The van der Waals surface area contributed by atoms with Gasteiger partial charge in [-0.25, -0.2) is 0 Å². The first-order valence-corrected chi connectivity index (χ1v) is 13.6. The van der Waals surface area contributed by atoms with E-state index in [-0.39, 0.29) is 4.90 Å². The van der Waals surface area contributed by atoms with Crippen LogP contribution in [0.25, 0.3) is 0 Å². The van der Waals surface area contributed by atoms with Gasteiger partial charge in [0.15, 0.2) is 0 Å². The minimum absolute atomic E-state index is 0.0963. The summed E-state index contributed by atoms with van der Waals surface area (Å²) in [7, 11) is -5.00. The average Bonchev–Trinajstić information content (AvgIpc) is 2.83. The quantitative estimate of drug-likeness (QED) is 0.325. The Bertz CT molecular complexity index is 1250. The van der Waals surface area contributed by atoms with E-state index < -0.39 is 17.4 Å². The molecule has 0 saturated carbocycles. The van der Waals surface area contributed by atoms with Crippen molar-refractivity contribution in [2.24, 2.45) is 0 Å². The van der Waals surface area contributed by atoms with Crippen LogP contribution in [-0.4, -0.2) is 20.1 Å². The Hall–Kier alpha value is -2.98. The van der Waals surface area contributed by atoms with Gasteiger partial charge < -0.3 is 4.74 Å². The molecule has 0 aliphatic carbocycles. The summed E-state index contributed by atoms with van der Waals surface area (Å²) >= 11 is 0. The molecule has 6 heteroatoms. The number of ether oxygens (including phenoxy) is 1. The zero-order chi connectivity index (χ0) is 22.6. The van der Waals surface area contributed by atoms with E-state index in [1.165, 1.54) is 6.07 Å². The number of benzene rings is 4. The molecule has 0 aliphatic rings. The van der Waals surface area contributed by atoms with Crippen molar-refractivity contribution < 1.29 is 17.7 Å². The minimum Gasteiger partial charge on any atom is -0.497 e. The van der Waals surface area contributed by atoms with Gasteiger partial charge in [0.2, 0.25) is 0 Å². The summed E-state index contributed by atoms with van der Waals surface area (Å²) in [6, 6.07) is 35.1. The van der Waals surface area contributed by atoms with E-state index in [0.717, 1.165) is 27.2 Å². The molecule has 1 N–H and O–H groups in total. The molecule has 0 atom stereocenters. The van der Waals surface area contributed by atoms with Crippen LogP contribution in [0.4, 0.5) is 0 Å². The smallest absolute Gasteiger partial charge is 0.294 e. The van der Waals surface area contributed by atoms with Gasteiger partial charge in [-0.2, -0.15) is 8.42 Å². The molecule has 4 aromatic carbocycles. The van der Waals surface area contributed by atoms with Crippen molar-refractivity contribution in [3.8, 4) is 5.75 Å². The van der Waals surface area contributed by atoms with E-state index in [2.05, 4.69) is 24.3 Å². The van der Waals surface area contributed by atoms with Gasteiger partial charge in [0.1, 0.15) is 28.9 Å². The standard InChI is InChI=1S/C26H23O4PS/c1-30-22-17-15-21(16-18-22)20-31(23-9-4-2-5-10-23,24-11-6-3-7-12-24)25-13-8-14-26(19-25)32(27,28)29/h2-19H,20H2,1H3/p+1. The van der Waals surface area contributed by atoms with Crippen LogP contribution in [0.2, 0.25) is 0 Å². The number of rotatable bonds is 7. The van der Waals surface area contributed by atoms with Crippen molar-refractivity contribution in [3.63, 3.8) is 0 Å². The Morgan fingerprint density at radius 3 is 1.75 bits per heavy atom. The molecule has 0 saturated heterocycles. The van der Waals surface area contributed by atoms with Gasteiger partial charge in [-0.05, 0) is 54.1 Å². The number of methoxy groups -OCH3 is 1. The van der Waals surface area contributed by atoms with E-state index in [1.54, 1.807) is 19.2 Å². The van der Waals surface area contributed by atoms with E-state index >= 15 is 0 Å². The normalized spacial score (nSPS) is 11.8. The third-order valence-electron chi connectivity index (χ3n) is 5.53. The second-order valence-corrected chi connectivity index (χ2v) is 12.4. The summed E-state index contributed by atoms with van der Waals surface area (Å²) in [5.41, 5.74) is 1.11. The van der Waals surface area contributed by atoms with Gasteiger partial charge in [-0.3, -0.25) is 4.55 Å². The Morgan fingerprint density at radius 1 is 0.719 bits per heavy atom. The summed E-state index contributed by atoms with van der Waals surface area (Å²) in [5, 5.41) is 3.16. The molecular weight excluding hydrogens is 439 g/mol. The highest BCUT2D eigenvalue weighted by Crippen LogP contribution is 2.58. The Balaban J connectivity index is 2.01. The lowest BCUT2D eigenvalue weighted by molar-refractivity contribution is 0.414. The van der Waals surface area contributed by atoms with Crippen LogP contribution in [0.1, 0.15) is 5.56 Å². The Kier molecular flexibility index (Phi) is 6.43. The van der Waals surface area contributed by atoms with E-state index in [9.17, 15) is 13.0 Å². The van der Waals surface area contributed by atoms with Gasteiger partial charge in [0.25, 0.3) is 10.1 Å². The molecule has 0 amide bonds. The Morgan fingerprint density at radius 2 is 1.25 bits per heavy atom. The largest absolute Gasteiger partial charge is 0.497 e. The van der Waals surface area contributed by atoms with Crippen LogP contribution < -0.4 is 20.7 Å². The van der Waals surface area contributed by atoms with Crippen LogP contribution in [0.3, 0.4) is 0 Å². The van der Waals surface area contributed by atoms with Crippen molar-refractivity contribution in [1.82, 2.24) is 0 Å². The summed E-state index contributed by atoms with van der Waals surface area (Å²) in [5.74, 6) is 0.783. The maximum Gasteiger partial charge on any atom is 0.294 e. The third-order valence-corrected chi connectivity index (χ3v) is 10.7. The summed E-state index contributed by atoms with van der Waals surface area (Å²) in [6.07, 6.45) is 0.694. The molecule has 4 nitrogen and oxygen atoms in total. The highest BCUT2D eigenvalue weighted by atomic mass is 32.2. The van der Waals surface area contributed by atoms with Crippen LogP contribution in [0, 0.1) is 0 Å². The monoisotopic (exact) mass is 463 g/mol. The molecule has 32 heavy (non-hydrogen) atoms. The fraction of sp³-hybridized carbons (Fsp3) is 0.0769. The first kappa shape index (κ1) is 22.2. The highest BCUT2D eigenvalue weighted by Gasteiger charge is 2.45. The zero-order valence-corrected chi connectivity index (χ0v) is 19.3. The van der Waals surface area contributed by atoms with E-state index in [4.69, 9.17) is 4.74 Å². The maximum absolute atomic E-state index is 12.0. The van der Waals surface area contributed by atoms with Gasteiger partial charge in [0, 0.05) is 6.07 Å². The lowest BCUT2D eigenvalue weighted by Crippen LogP contribution is -2.32. The van der Waals surface area contributed by atoms with E-state index in [0.29, 0.717) is 6.16 Å². The molecule has 0 radical (unpaired) electrons.